The van der Waals surface area contributed by atoms with Gasteiger partial charge in [-0.2, -0.15) is 0 Å². The zero-order valence-electron chi connectivity index (χ0n) is 11.3. The molecule has 0 atom stereocenters. The highest BCUT2D eigenvalue weighted by Crippen LogP contribution is 2.42. The van der Waals surface area contributed by atoms with Crippen LogP contribution in [-0.2, 0) is 6.54 Å². The molecule has 0 radical (unpaired) electrons. The first-order valence-corrected chi connectivity index (χ1v) is 7.40. The molecule has 104 valence electrons. The third-order valence-electron chi connectivity index (χ3n) is 4.31. The molecule has 1 aliphatic carbocycles. The van der Waals surface area contributed by atoms with Crippen molar-refractivity contribution >= 4 is 5.97 Å². The van der Waals surface area contributed by atoms with Crippen LogP contribution in [0.3, 0.4) is 0 Å². The van der Waals surface area contributed by atoms with Crippen molar-refractivity contribution in [3.8, 4) is 0 Å². The van der Waals surface area contributed by atoms with E-state index < -0.39 is 5.97 Å². The highest BCUT2D eigenvalue weighted by molar-refractivity contribution is 5.89. The van der Waals surface area contributed by atoms with E-state index in [0.29, 0.717) is 11.5 Å². The van der Waals surface area contributed by atoms with Crippen LogP contribution in [0.15, 0.2) is 12.3 Å². The number of piperidine rings is 1. The number of nitrogens with zero attached hydrogens (tertiary/aromatic N) is 2. The second-order valence-corrected chi connectivity index (χ2v) is 5.79. The Labute approximate surface area is 114 Å². The number of aromatic nitrogens is 1. The fraction of sp³-hybridized carbons (Fsp3) is 0.667. The van der Waals surface area contributed by atoms with Gasteiger partial charge in [0.05, 0.1) is 5.56 Å². The molecule has 19 heavy (non-hydrogen) atoms. The summed E-state index contributed by atoms with van der Waals surface area (Å²) in [6.45, 7) is 4.38. The Morgan fingerprint density at radius 3 is 2.58 bits per heavy atom. The van der Waals surface area contributed by atoms with E-state index in [1.807, 2.05) is 6.20 Å². The van der Waals surface area contributed by atoms with Gasteiger partial charge in [0.25, 0.3) is 0 Å². The summed E-state index contributed by atoms with van der Waals surface area (Å²) in [6.07, 6.45) is 8.22. The first-order chi connectivity index (χ1) is 9.25. The van der Waals surface area contributed by atoms with Gasteiger partial charge in [-0.15, -0.1) is 0 Å². The number of carbonyl (C=O) groups is 1. The van der Waals surface area contributed by atoms with Crippen molar-refractivity contribution < 1.29 is 9.90 Å². The van der Waals surface area contributed by atoms with Gasteiger partial charge < -0.3 is 14.6 Å². The van der Waals surface area contributed by atoms with E-state index >= 15 is 0 Å². The lowest BCUT2D eigenvalue weighted by atomic mass is 10.1. The number of likely N-dealkylation sites (tertiary alicyclic amines) is 1. The van der Waals surface area contributed by atoms with Gasteiger partial charge in [-0.1, -0.05) is 6.42 Å². The second-order valence-electron chi connectivity index (χ2n) is 5.79. The van der Waals surface area contributed by atoms with Crippen LogP contribution in [-0.4, -0.2) is 40.2 Å². The minimum atomic E-state index is -0.779. The molecule has 2 heterocycles. The van der Waals surface area contributed by atoms with Crippen molar-refractivity contribution in [2.24, 2.45) is 0 Å². The van der Waals surface area contributed by atoms with Crippen LogP contribution in [0.25, 0.3) is 0 Å². The summed E-state index contributed by atoms with van der Waals surface area (Å²) in [7, 11) is 0. The number of carboxylic acid groups (broad SMARTS) is 1. The Hall–Kier alpha value is -1.29. The molecule has 1 aliphatic heterocycles. The molecule has 1 saturated carbocycles. The highest BCUT2D eigenvalue weighted by Gasteiger charge is 2.31. The third-order valence-corrected chi connectivity index (χ3v) is 4.31. The highest BCUT2D eigenvalue weighted by atomic mass is 16.4. The van der Waals surface area contributed by atoms with E-state index in [-0.39, 0.29) is 0 Å². The summed E-state index contributed by atoms with van der Waals surface area (Å²) in [5, 5.41) is 9.25. The van der Waals surface area contributed by atoms with E-state index in [0.717, 1.165) is 31.6 Å². The first kappa shape index (κ1) is 12.7. The Balaban J connectivity index is 1.68. The Morgan fingerprint density at radius 2 is 1.95 bits per heavy atom. The van der Waals surface area contributed by atoms with Crippen molar-refractivity contribution in [1.29, 1.82) is 0 Å². The molecule has 0 aromatic carbocycles. The number of carboxylic acids is 1. The molecule has 1 N–H and O–H groups in total. The largest absolute Gasteiger partial charge is 0.478 e. The van der Waals surface area contributed by atoms with Gasteiger partial charge in [0.1, 0.15) is 0 Å². The van der Waals surface area contributed by atoms with E-state index in [9.17, 15) is 9.90 Å². The number of hydrogen-bond acceptors (Lipinski definition) is 2. The van der Waals surface area contributed by atoms with Crippen LogP contribution in [0.5, 0.6) is 0 Å². The molecule has 1 aromatic heterocycles. The molecule has 1 aromatic rings. The lowest BCUT2D eigenvalue weighted by Crippen LogP contribution is -2.32. The van der Waals surface area contributed by atoms with Gasteiger partial charge in [-0.3, -0.25) is 0 Å². The van der Waals surface area contributed by atoms with E-state index in [2.05, 4.69) is 9.47 Å². The average Bonchev–Trinajstić information content (AvgIpc) is 3.17. The lowest BCUT2D eigenvalue weighted by molar-refractivity contribution is 0.0695. The molecule has 0 amide bonds. The Kier molecular flexibility index (Phi) is 3.60. The number of rotatable bonds is 5. The van der Waals surface area contributed by atoms with E-state index in [4.69, 9.17) is 0 Å². The fourth-order valence-corrected chi connectivity index (χ4v) is 3.10. The van der Waals surface area contributed by atoms with Crippen molar-refractivity contribution in [3.05, 3.63) is 23.5 Å². The Morgan fingerprint density at radius 1 is 1.21 bits per heavy atom. The lowest BCUT2D eigenvalue weighted by Gasteiger charge is -2.26. The average molecular weight is 262 g/mol. The second kappa shape index (κ2) is 5.37. The summed E-state index contributed by atoms with van der Waals surface area (Å²) in [6, 6.07) is 1.77. The van der Waals surface area contributed by atoms with Crippen molar-refractivity contribution in [1.82, 2.24) is 9.47 Å². The molecular weight excluding hydrogens is 240 g/mol. The third kappa shape index (κ3) is 2.84. The predicted octanol–water partition coefficient (Wildman–Crippen LogP) is 2.55. The monoisotopic (exact) mass is 262 g/mol. The van der Waals surface area contributed by atoms with Crippen LogP contribution >= 0.6 is 0 Å². The van der Waals surface area contributed by atoms with Crippen LogP contribution in [0, 0.1) is 0 Å². The van der Waals surface area contributed by atoms with Crippen LogP contribution in [0.4, 0.5) is 0 Å². The van der Waals surface area contributed by atoms with Crippen LogP contribution in [0.1, 0.15) is 54.1 Å². The maximum Gasteiger partial charge on any atom is 0.337 e. The minimum absolute atomic E-state index is 0.488. The SMILES string of the molecule is O=C(O)c1ccn(CCN2CCCCC2)c1C1CC1. The zero-order valence-corrected chi connectivity index (χ0v) is 11.3. The molecule has 4 nitrogen and oxygen atoms in total. The maximum absolute atomic E-state index is 11.2. The smallest absolute Gasteiger partial charge is 0.337 e. The van der Waals surface area contributed by atoms with Crippen molar-refractivity contribution in [3.63, 3.8) is 0 Å². The van der Waals surface area contributed by atoms with Crippen LogP contribution < -0.4 is 0 Å². The topological polar surface area (TPSA) is 45.5 Å². The normalized spacial score (nSPS) is 20.6. The molecule has 0 spiro atoms. The summed E-state index contributed by atoms with van der Waals surface area (Å²) in [5.41, 5.74) is 1.57. The minimum Gasteiger partial charge on any atom is -0.478 e. The van der Waals surface area contributed by atoms with Gasteiger partial charge in [0.15, 0.2) is 0 Å². The molecule has 3 rings (SSSR count). The Bertz CT molecular complexity index is 457. The van der Waals surface area contributed by atoms with E-state index in [1.54, 1.807) is 6.07 Å². The molecule has 2 aliphatic rings. The standard InChI is InChI=1S/C15H22N2O2/c18-15(19)13-6-9-17(14(13)12-4-5-12)11-10-16-7-2-1-3-8-16/h6,9,12H,1-5,7-8,10-11H2,(H,18,19). The molecule has 0 bridgehead atoms. The summed E-state index contributed by atoms with van der Waals surface area (Å²) in [4.78, 5) is 13.8. The predicted molar refractivity (Wildman–Crippen MR) is 73.7 cm³/mol. The summed E-state index contributed by atoms with van der Waals surface area (Å²) >= 11 is 0. The number of aromatic carboxylic acids is 1. The fourth-order valence-electron chi connectivity index (χ4n) is 3.10. The zero-order chi connectivity index (χ0) is 13.2. The van der Waals surface area contributed by atoms with Gasteiger partial charge >= 0.3 is 5.97 Å². The van der Waals surface area contributed by atoms with Crippen molar-refractivity contribution in [2.45, 2.75) is 44.6 Å². The van der Waals surface area contributed by atoms with Gasteiger partial charge in [-0.05, 0) is 44.8 Å². The quantitative estimate of drug-likeness (QED) is 0.887. The number of hydrogen-bond donors (Lipinski definition) is 1. The van der Waals surface area contributed by atoms with Crippen LogP contribution in [0.2, 0.25) is 0 Å². The van der Waals surface area contributed by atoms with Gasteiger partial charge in [0, 0.05) is 30.9 Å². The maximum atomic E-state index is 11.2. The summed E-state index contributed by atoms with van der Waals surface area (Å²) in [5.74, 6) is -0.291. The van der Waals surface area contributed by atoms with E-state index in [1.165, 1.54) is 32.4 Å². The molecule has 4 heteroatoms. The molecule has 2 fully saturated rings. The van der Waals surface area contributed by atoms with Gasteiger partial charge in [0.2, 0.25) is 0 Å². The first-order valence-electron chi connectivity index (χ1n) is 7.40. The van der Waals surface area contributed by atoms with Crippen molar-refractivity contribution in [2.75, 3.05) is 19.6 Å². The molecule has 1 saturated heterocycles. The van der Waals surface area contributed by atoms with Gasteiger partial charge in [-0.25, -0.2) is 4.79 Å². The molecule has 0 unspecified atom stereocenters. The molecular formula is C15H22N2O2. The summed E-state index contributed by atoms with van der Waals surface area (Å²) < 4.78 is 2.18.